The fourth-order valence-corrected chi connectivity index (χ4v) is 3.98. The first kappa shape index (κ1) is 23.1. The first-order chi connectivity index (χ1) is 16.6. The van der Waals surface area contributed by atoms with Gasteiger partial charge in [0, 0.05) is 18.1 Å². The minimum absolute atomic E-state index is 0.116. The fourth-order valence-electron chi connectivity index (χ4n) is 3.25. The summed E-state index contributed by atoms with van der Waals surface area (Å²) in [5, 5.41) is 12.1. The van der Waals surface area contributed by atoms with Crippen LogP contribution in [0.3, 0.4) is 0 Å². The van der Waals surface area contributed by atoms with Crippen molar-refractivity contribution in [3.05, 3.63) is 78.6 Å². The minimum Gasteiger partial charge on any atom is -0.496 e. The quantitative estimate of drug-likeness (QED) is 0.288. The number of benzene rings is 2. The second-order valence-corrected chi connectivity index (χ2v) is 7.96. The lowest BCUT2D eigenvalue weighted by atomic mass is 10.2. The van der Waals surface area contributed by atoms with Crippen LogP contribution in [0.2, 0.25) is 0 Å². The van der Waals surface area contributed by atoms with Crippen molar-refractivity contribution in [2.45, 2.75) is 12.1 Å². The summed E-state index contributed by atoms with van der Waals surface area (Å²) in [5.41, 5.74) is 1.79. The van der Waals surface area contributed by atoms with Crippen LogP contribution in [0.1, 0.15) is 17.3 Å². The summed E-state index contributed by atoms with van der Waals surface area (Å²) in [6, 6.07) is 17.9. The maximum atomic E-state index is 12.6. The summed E-state index contributed by atoms with van der Waals surface area (Å²) in [5.74, 6) is 0.765. The van der Waals surface area contributed by atoms with E-state index in [2.05, 4.69) is 15.5 Å². The molecule has 0 unspecified atom stereocenters. The number of para-hydroxylation sites is 1. The number of esters is 1. The molecule has 0 radical (unpaired) electrons. The van der Waals surface area contributed by atoms with E-state index in [-0.39, 0.29) is 11.7 Å². The van der Waals surface area contributed by atoms with Crippen LogP contribution in [0, 0.1) is 0 Å². The van der Waals surface area contributed by atoms with E-state index in [1.165, 1.54) is 11.8 Å². The molecule has 0 saturated carbocycles. The first-order valence-electron chi connectivity index (χ1n) is 10.5. The molecule has 0 fully saturated rings. The van der Waals surface area contributed by atoms with Crippen molar-refractivity contribution < 1.29 is 19.1 Å². The Labute approximate surface area is 200 Å². The molecule has 2 heterocycles. The lowest BCUT2D eigenvalue weighted by Gasteiger charge is -2.13. The van der Waals surface area contributed by atoms with Gasteiger partial charge in [0.15, 0.2) is 5.82 Å². The highest BCUT2D eigenvalue weighted by molar-refractivity contribution is 7.99. The number of nitrogens with one attached hydrogen (secondary N) is 1. The monoisotopic (exact) mass is 477 g/mol. The Morgan fingerprint density at radius 1 is 1.00 bits per heavy atom. The molecule has 2 aromatic heterocycles. The summed E-state index contributed by atoms with van der Waals surface area (Å²) in [6.07, 6.45) is 3.75. The van der Waals surface area contributed by atoms with E-state index in [0.717, 1.165) is 5.56 Å². The van der Waals surface area contributed by atoms with Gasteiger partial charge in [-0.2, -0.15) is 0 Å². The summed E-state index contributed by atoms with van der Waals surface area (Å²) in [4.78, 5) is 24.3. The second kappa shape index (κ2) is 10.7. The Morgan fingerprint density at radius 3 is 2.44 bits per heavy atom. The Hall–Kier alpha value is -4.05. The lowest BCUT2D eigenvalue weighted by molar-refractivity contribution is -0.113. The molecule has 9 nitrogen and oxygen atoms in total. The van der Waals surface area contributed by atoms with Gasteiger partial charge in [0.2, 0.25) is 11.1 Å². The number of aromatic nitrogens is 4. The maximum Gasteiger partial charge on any atom is 0.338 e. The van der Waals surface area contributed by atoms with Gasteiger partial charge in [-0.1, -0.05) is 23.9 Å². The van der Waals surface area contributed by atoms with E-state index in [1.54, 1.807) is 38.3 Å². The third-order valence-corrected chi connectivity index (χ3v) is 5.71. The highest BCUT2D eigenvalue weighted by Gasteiger charge is 2.19. The molecule has 0 atom stereocenters. The molecule has 2 aromatic carbocycles. The molecule has 0 aliphatic rings. The molecule has 10 heteroatoms. The zero-order valence-corrected chi connectivity index (χ0v) is 19.5. The van der Waals surface area contributed by atoms with Gasteiger partial charge in [-0.3, -0.25) is 9.47 Å². The Kier molecular flexibility index (Phi) is 7.28. The van der Waals surface area contributed by atoms with Crippen LogP contribution < -0.4 is 10.1 Å². The van der Waals surface area contributed by atoms with Crippen LogP contribution in [0.5, 0.6) is 5.75 Å². The van der Waals surface area contributed by atoms with Crippen molar-refractivity contribution in [1.82, 2.24) is 19.5 Å². The number of rotatable bonds is 9. The number of nitrogens with zero attached hydrogens (tertiary/aromatic N) is 4. The fraction of sp³-hybridized carbons (Fsp3) is 0.167. The highest BCUT2D eigenvalue weighted by atomic mass is 32.2. The largest absolute Gasteiger partial charge is 0.496 e. The standard InChI is InChI=1S/C24H23N5O4S/c1-3-33-23(31)17-10-12-18(13-11-17)25-21(30)16-34-24-27-26-22(29(24)28-14-6-7-15-28)19-8-4-5-9-20(19)32-2/h4-15H,3,16H2,1-2H3,(H,25,30). The Bertz CT molecular complexity index is 1270. The highest BCUT2D eigenvalue weighted by Crippen LogP contribution is 2.31. The van der Waals surface area contributed by atoms with Crippen molar-refractivity contribution in [3.8, 4) is 17.1 Å². The van der Waals surface area contributed by atoms with Gasteiger partial charge in [0.25, 0.3) is 0 Å². The van der Waals surface area contributed by atoms with Gasteiger partial charge in [-0.15, -0.1) is 10.2 Å². The number of ether oxygens (including phenoxy) is 2. The average Bonchev–Trinajstić information content (AvgIpc) is 3.53. The van der Waals surface area contributed by atoms with E-state index in [0.29, 0.717) is 34.6 Å². The predicted molar refractivity (Wildman–Crippen MR) is 129 cm³/mol. The SMILES string of the molecule is CCOC(=O)c1ccc(NC(=O)CSc2nnc(-c3ccccc3OC)n2-n2cccc2)cc1. The lowest BCUT2D eigenvalue weighted by Crippen LogP contribution is -2.16. The predicted octanol–water partition coefficient (Wildman–Crippen LogP) is 3.97. The summed E-state index contributed by atoms with van der Waals surface area (Å²) in [6.45, 7) is 2.06. The molecule has 4 aromatic rings. The summed E-state index contributed by atoms with van der Waals surface area (Å²) in [7, 11) is 1.61. The van der Waals surface area contributed by atoms with Crippen molar-refractivity contribution in [3.63, 3.8) is 0 Å². The molecule has 1 amide bonds. The molecule has 0 aliphatic heterocycles. The topological polar surface area (TPSA) is 100 Å². The smallest absolute Gasteiger partial charge is 0.338 e. The van der Waals surface area contributed by atoms with Crippen LogP contribution in [0.25, 0.3) is 11.4 Å². The molecular formula is C24H23N5O4S. The molecule has 0 aliphatic carbocycles. The molecule has 174 valence electrons. The molecule has 1 N–H and O–H groups in total. The van der Waals surface area contributed by atoms with E-state index >= 15 is 0 Å². The molecule has 0 spiro atoms. The van der Waals surface area contributed by atoms with Crippen molar-refractivity contribution in [2.75, 3.05) is 24.8 Å². The number of carbonyl (C=O) groups is 2. The van der Waals surface area contributed by atoms with Crippen LogP contribution in [0.15, 0.2) is 78.2 Å². The van der Waals surface area contributed by atoms with Crippen molar-refractivity contribution >= 4 is 29.3 Å². The summed E-state index contributed by atoms with van der Waals surface area (Å²) < 4.78 is 14.1. The Balaban J connectivity index is 1.49. The first-order valence-corrected chi connectivity index (χ1v) is 11.5. The number of hydrogen-bond acceptors (Lipinski definition) is 7. The Morgan fingerprint density at radius 2 is 1.74 bits per heavy atom. The van der Waals surface area contributed by atoms with Crippen molar-refractivity contribution in [2.24, 2.45) is 0 Å². The summed E-state index contributed by atoms with van der Waals surface area (Å²) >= 11 is 1.26. The molecule has 34 heavy (non-hydrogen) atoms. The number of anilines is 1. The number of hydrogen-bond donors (Lipinski definition) is 1. The van der Waals surface area contributed by atoms with Gasteiger partial charge in [-0.05, 0) is 55.5 Å². The number of amides is 1. The van der Waals surface area contributed by atoms with Crippen LogP contribution in [0.4, 0.5) is 5.69 Å². The third kappa shape index (κ3) is 5.12. The van der Waals surface area contributed by atoms with Crippen molar-refractivity contribution in [1.29, 1.82) is 0 Å². The maximum absolute atomic E-state index is 12.6. The van der Waals surface area contributed by atoms with E-state index < -0.39 is 5.97 Å². The molecule has 0 saturated heterocycles. The number of methoxy groups -OCH3 is 1. The van der Waals surface area contributed by atoms with Gasteiger partial charge >= 0.3 is 5.97 Å². The molecule has 0 bridgehead atoms. The van der Waals surface area contributed by atoms with Gasteiger partial charge in [0.1, 0.15) is 5.75 Å². The molecular weight excluding hydrogens is 454 g/mol. The van der Waals surface area contributed by atoms with Gasteiger partial charge in [-0.25, -0.2) is 9.47 Å². The normalized spacial score (nSPS) is 10.6. The zero-order chi connectivity index (χ0) is 23.9. The third-order valence-electron chi connectivity index (χ3n) is 4.79. The zero-order valence-electron chi connectivity index (χ0n) is 18.7. The van der Waals surface area contributed by atoms with E-state index in [9.17, 15) is 9.59 Å². The second-order valence-electron chi connectivity index (χ2n) is 7.02. The van der Waals surface area contributed by atoms with Gasteiger partial charge in [0.05, 0.1) is 30.6 Å². The number of carbonyl (C=O) groups excluding carboxylic acids is 2. The van der Waals surface area contributed by atoms with Crippen LogP contribution in [-0.2, 0) is 9.53 Å². The minimum atomic E-state index is -0.397. The average molecular weight is 478 g/mol. The van der Waals surface area contributed by atoms with Crippen LogP contribution >= 0.6 is 11.8 Å². The molecule has 4 rings (SSSR count). The van der Waals surface area contributed by atoms with Gasteiger partial charge < -0.3 is 14.8 Å². The van der Waals surface area contributed by atoms with E-state index in [1.807, 2.05) is 58.1 Å². The van der Waals surface area contributed by atoms with E-state index in [4.69, 9.17) is 9.47 Å². The van der Waals surface area contributed by atoms with Crippen LogP contribution in [-0.4, -0.2) is 50.9 Å². The number of thioether (sulfide) groups is 1.